The van der Waals surface area contributed by atoms with E-state index in [1.807, 2.05) is 18.4 Å². The van der Waals surface area contributed by atoms with Gasteiger partial charge in [0.05, 0.1) is 6.54 Å². The zero-order valence-corrected chi connectivity index (χ0v) is 18.2. The van der Waals surface area contributed by atoms with Crippen molar-refractivity contribution in [1.82, 2.24) is 15.5 Å². The number of hydrogen-bond donors (Lipinski definition) is 2. The van der Waals surface area contributed by atoms with Gasteiger partial charge in [-0.25, -0.2) is 0 Å². The van der Waals surface area contributed by atoms with Crippen LogP contribution in [0.5, 0.6) is 0 Å². The first kappa shape index (κ1) is 22.7. The van der Waals surface area contributed by atoms with Crippen LogP contribution in [-0.2, 0) is 13.0 Å². The van der Waals surface area contributed by atoms with Crippen molar-refractivity contribution in [2.24, 2.45) is 4.99 Å². The van der Waals surface area contributed by atoms with E-state index in [-0.39, 0.29) is 24.0 Å². The number of thiophene rings is 1. The van der Waals surface area contributed by atoms with Gasteiger partial charge in [0.2, 0.25) is 0 Å². The second kappa shape index (κ2) is 14.0. The number of nitrogens with one attached hydrogen (secondary N) is 2. The van der Waals surface area contributed by atoms with Gasteiger partial charge in [-0.1, -0.05) is 20.8 Å². The van der Waals surface area contributed by atoms with Crippen molar-refractivity contribution in [2.45, 2.75) is 46.6 Å². The van der Waals surface area contributed by atoms with Crippen LogP contribution in [0.25, 0.3) is 0 Å². The molecule has 6 heteroatoms. The molecule has 1 rings (SSSR count). The predicted molar refractivity (Wildman–Crippen MR) is 114 cm³/mol. The maximum absolute atomic E-state index is 4.28. The average molecular weight is 452 g/mol. The summed E-state index contributed by atoms with van der Waals surface area (Å²) in [6, 6.07) is 4.42. The van der Waals surface area contributed by atoms with Gasteiger partial charge in [-0.3, -0.25) is 4.99 Å². The van der Waals surface area contributed by atoms with E-state index in [9.17, 15) is 0 Å². The zero-order valence-electron chi connectivity index (χ0n) is 15.0. The Labute approximate surface area is 163 Å². The van der Waals surface area contributed by atoms with Crippen molar-refractivity contribution in [3.8, 4) is 0 Å². The Hall–Kier alpha value is -0.340. The third-order valence-corrected chi connectivity index (χ3v) is 5.04. The Morgan fingerprint density at radius 3 is 2.35 bits per heavy atom. The number of unbranched alkanes of at least 4 members (excludes halogenated alkanes) is 1. The lowest BCUT2D eigenvalue weighted by atomic mass is 10.3. The molecular formula is C17H33IN4S. The summed E-state index contributed by atoms with van der Waals surface area (Å²) < 4.78 is 0. The highest BCUT2D eigenvalue weighted by atomic mass is 127. The normalized spacial score (nSPS) is 11.4. The summed E-state index contributed by atoms with van der Waals surface area (Å²) in [4.78, 5) is 9.55. The van der Waals surface area contributed by atoms with Gasteiger partial charge in [-0.2, -0.15) is 0 Å². The highest BCUT2D eigenvalue weighted by Crippen LogP contribution is 2.16. The monoisotopic (exact) mass is 452 g/mol. The summed E-state index contributed by atoms with van der Waals surface area (Å²) >= 11 is 1.87. The third kappa shape index (κ3) is 9.52. The highest BCUT2D eigenvalue weighted by molar-refractivity contribution is 14.0. The van der Waals surface area contributed by atoms with E-state index in [4.69, 9.17) is 0 Å². The molecule has 0 spiro atoms. The Bertz CT molecular complexity index is 430. The summed E-state index contributed by atoms with van der Waals surface area (Å²) in [6.45, 7) is 12.0. The lowest BCUT2D eigenvalue weighted by Gasteiger charge is -2.17. The van der Waals surface area contributed by atoms with Crippen LogP contribution in [0.2, 0.25) is 0 Å². The third-order valence-electron chi connectivity index (χ3n) is 3.81. The Balaban J connectivity index is 0.00000484. The molecule has 1 aromatic rings. The molecule has 0 aliphatic rings. The fourth-order valence-corrected chi connectivity index (χ4v) is 3.20. The number of guanidine groups is 1. The quantitative estimate of drug-likeness (QED) is 0.246. The van der Waals surface area contributed by atoms with Crippen molar-refractivity contribution >= 4 is 41.3 Å². The minimum atomic E-state index is 0. The topological polar surface area (TPSA) is 39.7 Å². The van der Waals surface area contributed by atoms with Crippen molar-refractivity contribution in [1.29, 1.82) is 0 Å². The molecular weight excluding hydrogens is 419 g/mol. The largest absolute Gasteiger partial charge is 0.356 e. The summed E-state index contributed by atoms with van der Waals surface area (Å²) in [7, 11) is 1.83. The SMILES string of the molecule is CCc1ccc(CNC(=NC)NCCCCN(CC)CC)s1.I. The zero-order chi connectivity index (χ0) is 16.2. The summed E-state index contributed by atoms with van der Waals surface area (Å²) in [5, 5.41) is 6.78. The van der Waals surface area contributed by atoms with Gasteiger partial charge < -0.3 is 15.5 Å². The number of aryl methyl sites for hydroxylation is 1. The maximum atomic E-state index is 4.28. The van der Waals surface area contributed by atoms with Gasteiger partial charge >= 0.3 is 0 Å². The standard InChI is InChI=1S/C17H32N4S.HI/c1-5-15-10-11-16(22-15)14-20-17(18-4)19-12-8-9-13-21(6-2)7-3;/h10-11H,5-9,12-14H2,1-4H3,(H2,18,19,20);1H. The minimum absolute atomic E-state index is 0. The number of hydrogen-bond acceptors (Lipinski definition) is 3. The molecule has 4 nitrogen and oxygen atoms in total. The number of aliphatic imine (C=N–C) groups is 1. The van der Waals surface area contributed by atoms with Crippen molar-refractivity contribution < 1.29 is 0 Å². The van der Waals surface area contributed by atoms with Gasteiger partial charge in [0.15, 0.2) is 5.96 Å². The minimum Gasteiger partial charge on any atom is -0.356 e. The Morgan fingerprint density at radius 2 is 1.78 bits per heavy atom. The Morgan fingerprint density at radius 1 is 1.09 bits per heavy atom. The molecule has 0 radical (unpaired) electrons. The van der Waals surface area contributed by atoms with Crippen LogP contribution in [0.4, 0.5) is 0 Å². The van der Waals surface area contributed by atoms with Crippen molar-refractivity contribution in [2.75, 3.05) is 33.2 Å². The summed E-state index contributed by atoms with van der Waals surface area (Å²) in [5.41, 5.74) is 0. The van der Waals surface area contributed by atoms with E-state index in [0.29, 0.717) is 0 Å². The van der Waals surface area contributed by atoms with Gasteiger partial charge in [0.1, 0.15) is 0 Å². The molecule has 1 heterocycles. The molecule has 0 aliphatic heterocycles. The molecule has 0 aromatic carbocycles. The molecule has 0 unspecified atom stereocenters. The number of rotatable bonds is 10. The van der Waals surface area contributed by atoms with Crippen LogP contribution < -0.4 is 10.6 Å². The second-order valence-electron chi connectivity index (χ2n) is 5.31. The lowest BCUT2D eigenvalue weighted by Crippen LogP contribution is -2.37. The molecule has 2 N–H and O–H groups in total. The fourth-order valence-electron chi connectivity index (χ4n) is 2.31. The lowest BCUT2D eigenvalue weighted by molar-refractivity contribution is 0.297. The first-order chi connectivity index (χ1) is 10.7. The van der Waals surface area contributed by atoms with Gasteiger partial charge in [-0.15, -0.1) is 35.3 Å². The van der Waals surface area contributed by atoms with E-state index in [1.54, 1.807) is 0 Å². The fraction of sp³-hybridized carbons (Fsp3) is 0.706. The van der Waals surface area contributed by atoms with Crippen molar-refractivity contribution in [3.05, 3.63) is 21.9 Å². The average Bonchev–Trinajstić information content (AvgIpc) is 3.01. The highest BCUT2D eigenvalue weighted by Gasteiger charge is 2.02. The van der Waals surface area contributed by atoms with Crippen LogP contribution in [0.1, 0.15) is 43.4 Å². The van der Waals surface area contributed by atoms with E-state index < -0.39 is 0 Å². The smallest absolute Gasteiger partial charge is 0.191 e. The molecule has 1 aromatic heterocycles. The molecule has 0 saturated carbocycles. The predicted octanol–water partition coefficient (Wildman–Crippen LogP) is 3.72. The maximum Gasteiger partial charge on any atom is 0.191 e. The molecule has 0 atom stereocenters. The molecule has 0 bridgehead atoms. The molecule has 0 aliphatic carbocycles. The van der Waals surface area contributed by atoms with E-state index in [1.165, 1.54) is 29.1 Å². The first-order valence-electron chi connectivity index (χ1n) is 8.47. The van der Waals surface area contributed by atoms with Gasteiger partial charge in [0, 0.05) is 23.3 Å². The molecule has 0 fully saturated rings. The van der Waals surface area contributed by atoms with Crippen LogP contribution in [0.3, 0.4) is 0 Å². The summed E-state index contributed by atoms with van der Waals surface area (Å²) in [6.07, 6.45) is 3.52. The van der Waals surface area contributed by atoms with E-state index in [2.05, 4.69) is 53.4 Å². The molecule has 0 saturated heterocycles. The van der Waals surface area contributed by atoms with E-state index >= 15 is 0 Å². The molecule has 23 heavy (non-hydrogen) atoms. The summed E-state index contributed by atoms with van der Waals surface area (Å²) in [5.74, 6) is 0.897. The molecule has 0 amide bonds. The number of nitrogens with zero attached hydrogens (tertiary/aromatic N) is 2. The number of halogens is 1. The first-order valence-corrected chi connectivity index (χ1v) is 9.29. The van der Waals surface area contributed by atoms with Gasteiger partial charge in [0.25, 0.3) is 0 Å². The van der Waals surface area contributed by atoms with Crippen LogP contribution in [-0.4, -0.2) is 44.1 Å². The second-order valence-corrected chi connectivity index (χ2v) is 6.56. The molecule has 134 valence electrons. The Kier molecular flexibility index (Phi) is 13.8. The van der Waals surface area contributed by atoms with Crippen LogP contribution in [0.15, 0.2) is 17.1 Å². The van der Waals surface area contributed by atoms with E-state index in [0.717, 1.165) is 38.6 Å². The van der Waals surface area contributed by atoms with Crippen molar-refractivity contribution in [3.63, 3.8) is 0 Å². The van der Waals surface area contributed by atoms with Gasteiger partial charge in [-0.05, 0) is 51.0 Å². The van der Waals surface area contributed by atoms with Crippen LogP contribution in [0, 0.1) is 0 Å². The van der Waals surface area contributed by atoms with Crippen LogP contribution >= 0.6 is 35.3 Å².